The Kier molecular flexibility index (Phi) is 3.28. The van der Waals surface area contributed by atoms with Crippen molar-refractivity contribution in [3.8, 4) is 0 Å². The lowest BCUT2D eigenvalue weighted by Gasteiger charge is -2.36. The first-order valence-corrected chi connectivity index (χ1v) is 8.33. The van der Waals surface area contributed by atoms with Crippen LogP contribution in [0.1, 0.15) is 23.5 Å². The van der Waals surface area contributed by atoms with E-state index in [1.165, 1.54) is 34.8 Å². The van der Waals surface area contributed by atoms with Crippen molar-refractivity contribution in [2.24, 2.45) is 5.92 Å². The number of hydrogen-bond donors (Lipinski definition) is 1. The Morgan fingerprint density at radius 1 is 1.48 bits per heavy atom. The highest BCUT2D eigenvalue weighted by Crippen LogP contribution is 2.28. The first-order valence-electron chi connectivity index (χ1n) is 7.52. The summed E-state index contributed by atoms with van der Waals surface area (Å²) in [5.74, 6) is 0.774. The third-order valence-corrected chi connectivity index (χ3v) is 5.44. The quantitative estimate of drug-likeness (QED) is 0.882. The van der Waals surface area contributed by atoms with Crippen molar-refractivity contribution in [2.45, 2.75) is 32.4 Å². The number of aromatic nitrogens is 3. The second kappa shape index (κ2) is 5.15. The van der Waals surface area contributed by atoms with Gasteiger partial charge >= 0.3 is 0 Å². The molecule has 2 unspecified atom stereocenters. The van der Waals surface area contributed by atoms with Crippen molar-refractivity contribution in [2.75, 3.05) is 19.6 Å². The number of likely N-dealkylation sites (tertiary alicyclic amines) is 1. The molecule has 0 saturated carbocycles. The van der Waals surface area contributed by atoms with Crippen LogP contribution >= 0.6 is 11.3 Å². The zero-order chi connectivity index (χ0) is 14.4. The van der Waals surface area contributed by atoms with Gasteiger partial charge in [0, 0.05) is 24.3 Å². The summed E-state index contributed by atoms with van der Waals surface area (Å²) in [6.07, 6.45) is 2.58. The smallest absolute Gasteiger partial charge is 0.275 e. The second-order valence-corrected chi connectivity index (χ2v) is 7.06. The summed E-state index contributed by atoms with van der Waals surface area (Å²) in [6, 6.07) is 2.16. The molecule has 0 bridgehead atoms. The van der Waals surface area contributed by atoms with Gasteiger partial charge in [-0.25, -0.2) is 4.98 Å². The minimum atomic E-state index is -0.0842. The van der Waals surface area contributed by atoms with E-state index in [1.54, 1.807) is 0 Å². The van der Waals surface area contributed by atoms with Crippen molar-refractivity contribution >= 4 is 16.3 Å². The number of rotatable bonds is 2. The molecule has 2 atom stereocenters. The molecule has 2 saturated heterocycles. The van der Waals surface area contributed by atoms with E-state index in [-0.39, 0.29) is 5.56 Å². The molecule has 0 amide bonds. The van der Waals surface area contributed by atoms with Gasteiger partial charge in [-0.1, -0.05) is 11.3 Å². The molecule has 4 heterocycles. The van der Waals surface area contributed by atoms with Crippen LogP contribution in [0.3, 0.4) is 0 Å². The molecule has 2 aliphatic rings. The van der Waals surface area contributed by atoms with E-state index in [4.69, 9.17) is 0 Å². The fraction of sp³-hybridized carbons (Fsp3) is 0.643. The van der Waals surface area contributed by atoms with E-state index in [2.05, 4.69) is 20.3 Å². The summed E-state index contributed by atoms with van der Waals surface area (Å²) in [7, 11) is 0. The molecule has 2 fully saturated rings. The highest BCUT2D eigenvalue weighted by atomic mass is 32.1. The Hall–Kier alpha value is -1.31. The average Bonchev–Trinajstić information content (AvgIpc) is 3.05. The van der Waals surface area contributed by atoms with Crippen LogP contribution in [0, 0.1) is 12.8 Å². The second-order valence-electron chi connectivity index (χ2n) is 6.02. The maximum Gasteiger partial charge on any atom is 0.275 e. The molecule has 21 heavy (non-hydrogen) atoms. The summed E-state index contributed by atoms with van der Waals surface area (Å²) in [5.41, 5.74) is 0.673. The van der Waals surface area contributed by atoms with Gasteiger partial charge in [-0.05, 0) is 38.8 Å². The van der Waals surface area contributed by atoms with Crippen LogP contribution in [0.5, 0.6) is 0 Å². The van der Waals surface area contributed by atoms with Crippen LogP contribution in [0.15, 0.2) is 10.9 Å². The molecule has 1 N–H and O–H groups in total. The van der Waals surface area contributed by atoms with Crippen LogP contribution in [0.4, 0.5) is 0 Å². The Labute approximate surface area is 126 Å². The van der Waals surface area contributed by atoms with Gasteiger partial charge < -0.3 is 5.32 Å². The molecule has 0 aliphatic carbocycles. The van der Waals surface area contributed by atoms with Crippen LogP contribution in [-0.4, -0.2) is 45.2 Å². The molecule has 2 aromatic heterocycles. The fourth-order valence-corrected chi connectivity index (χ4v) is 4.53. The Morgan fingerprint density at radius 3 is 3.29 bits per heavy atom. The van der Waals surface area contributed by atoms with Crippen molar-refractivity contribution in [3.63, 3.8) is 0 Å². The topological polar surface area (TPSA) is 62.5 Å². The third-order valence-electron chi connectivity index (χ3n) is 4.55. The largest absolute Gasteiger partial charge is 0.315 e. The minimum absolute atomic E-state index is 0.0842. The van der Waals surface area contributed by atoms with Crippen molar-refractivity contribution < 1.29 is 0 Å². The Balaban J connectivity index is 1.62. The molecular weight excluding hydrogens is 286 g/mol. The number of hydrogen-bond acceptors (Lipinski definition) is 6. The molecule has 112 valence electrons. The van der Waals surface area contributed by atoms with Gasteiger partial charge in [0.2, 0.25) is 4.96 Å². The Morgan fingerprint density at radius 2 is 2.38 bits per heavy atom. The van der Waals surface area contributed by atoms with Gasteiger partial charge in [0.05, 0.1) is 6.54 Å². The lowest BCUT2D eigenvalue weighted by atomic mass is 9.92. The van der Waals surface area contributed by atoms with Gasteiger partial charge in [0.15, 0.2) is 0 Å². The van der Waals surface area contributed by atoms with E-state index in [9.17, 15) is 4.79 Å². The molecule has 2 aromatic rings. The molecule has 6 nitrogen and oxygen atoms in total. The van der Waals surface area contributed by atoms with Crippen molar-refractivity contribution in [1.82, 2.24) is 24.8 Å². The summed E-state index contributed by atoms with van der Waals surface area (Å²) < 4.78 is 1.43. The maximum absolute atomic E-state index is 11.9. The van der Waals surface area contributed by atoms with E-state index in [0.29, 0.717) is 11.0 Å². The first-order chi connectivity index (χ1) is 10.2. The molecule has 0 aromatic carbocycles. The van der Waals surface area contributed by atoms with E-state index in [0.717, 1.165) is 42.8 Å². The predicted molar refractivity (Wildman–Crippen MR) is 81.7 cm³/mol. The molecule has 0 spiro atoms. The van der Waals surface area contributed by atoms with Gasteiger partial charge in [0.1, 0.15) is 5.01 Å². The summed E-state index contributed by atoms with van der Waals surface area (Å²) in [6.45, 7) is 6.02. The lowest BCUT2D eigenvalue weighted by molar-refractivity contribution is 0.117. The monoisotopic (exact) mass is 305 g/mol. The van der Waals surface area contributed by atoms with Crippen molar-refractivity contribution in [1.29, 1.82) is 0 Å². The van der Waals surface area contributed by atoms with Crippen LogP contribution in [0.2, 0.25) is 0 Å². The van der Waals surface area contributed by atoms with E-state index >= 15 is 0 Å². The third kappa shape index (κ3) is 2.39. The summed E-state index contributed by atoms with van der Waals surface area (Å²) in [5, 5.41) is 8.94. The van der Waals surface area contributed by atoms with Gasteiger partial charge in [-0.3, -0.25) is 9.69 Å². The number of piperidine rings is 1. The standard InChI is InChI=1S/C14H19N5OS/c1-9-5-13(20)19-14(16-9)21-12(17-19)8-18-4-2-3-10-6-15-7-11(10)18/h5,10-11,15H,2-4,6-8H2,1H3. The first kappa shape index (κ1) is 13.4. The van der Waals surface area contributed by atoms with Crippen LogP contribution in [-0.2, 0) is 6.54 Å². The van der Waals surface area contributed by atoms with E-state index in [1.807, 2.05) is 6.92 Å². The average molecular weight is 305 g/mol. The fourth-order valence-electron chi connectivity index (χ4n) is 3.56. The highest BCUT2D eigenvalue weighted by Gasteiger charge is 2.35. The maximum atomic E-state index is 11.9. The van der Waals surface area contributed by atoms with Crippen LogP contribution in [0.25, 0.3) is 4.96 Å². The number of nitrogens with one attached hydrogen (secondary N) is 1. The molecule has 4 rings (SSSR count). The van der Waals surface area contributed by atoms with Crippen molar-refractivity contribution in [3.05, 3.63) is 27.1 Å². The number of nitrogens with zero attached hydrogens (tertiary/aromatic N) is 4. The summed E-state index contributed by atoms with van der Waals surface area (Å²) in [4.78, 5) is 19.6. The zero-order valence-electron chi connectivity index (χ0n) is 12.1. The lowest BCUT2D eigenvalue weighted by Crippen LogP contribution is -2.44. The minimum Gasteiger partial charge on any atom is -0.315 e. The molecular formula is C14H19N5OS. The summed E-state index contributed by atoms with van der Waals surface area (Å²) >= 11 is 1.53. The predicted octanol–water partition coefficient (Wildman–Crippen LogP) is 0.643. The molecule has 7 heteroatoms. The SMILES string of the molecule is Cc1cc(=O)n2nc(CN3CCCC4CNCC43)sc2n1. The van der Waals surface area contributed by atoms with E-state index < -0.39 is 0 Å². The zero-order valence-corrected chi connectivity index (χ0v) is 12.9. The highest BCUT2D eigenvalue weighted by molar-refractivity contribution is 7.16. The van der Waals surface area contributed by atoms with Gasteiger partial charge in [-0.2, -0.15) is 9.61 Å². The number of aryl methyl sites for hydroxylation is 1. The number of fused-ring (bicyclic) bond motifs is 2. The molecule has 2 aliphatic heterocycles. The normalized spacial score (nSPS) is 26.3. The van der Waals surface area contributed by atoms with Gasteiger partial charge in [-0.15, -0.1) is 0 Å². The molecule has 0 radical (unpaired) electrons. The van der Waals surface area contributed by atoms with Gasteiger partial charge in [0.25, 0.3) is 5.56 Å². The van der Waals surface area contributed by atoms with Crippen LogP contribution < -0.4 is 10.9 Å². The Bertz CT molecular complexity index is 724.